The fourth-order valence-electron chi connectivity index (χ4n) is 2.36. The van der Waals surface area contributed by atoms with Gasteiger partial charge in [0.1, 0.15) is 5.75 Å². The summed E-state index contributed by atoms with van der Waals surface area (Å²) < 4.78 is 5.27. The molecule has 1 atom stereocenters. The van der Waals surface area contributed by atoms with Crippen LogP contribution in [0, 0.1) is 0 Å². The molecular weight excluding hydrogens is 264 g/mol. The van der Waals surface area contributed by atoms with Gasteiger partial charge in [0, 0.05) is 36.3 Å². The van der Waals surface area contributed by atoms with Crippen LogP contribution < -0.4 is 10.1 Å². The van der Waals surface area contributed by atoms with Gasteiger partial charge in [-0.2, -0.15) is 0 Å². The molecule has 0 aliphatic carbocycles. The van der Waals surface area contributed by atoms with E-state index in [1.165, 1.54) is 0 Å². The van der Waals surface area contributed by atoms with Crippen molar-refractivity contribution in [1.82, 2.24) is 10.2 Å². The van der Waals surface area contributed by atoms with Crippen LogP contribution >= 0.6 is 11.6 Å². The molecule has 104 valence electrons. The Morgan fingerprint density at radius 1 is 1.58 bits per heavy atom. The van der Waals surface area contributed by atoms with Crippen molar-refractivity contribution in [2.75, 3.05) is 26.7 Å². The van der Waals surface area contributed by atoms with Crippen molar-refractivity contribution in [3.05, 3.63) is 28.8 Å². The minimum atomic E-state index is 0.120. The zero-order valence-electron chi connectivity index (χ0n) is 11.3. The maximum absolute atomic E-state index is 12.4. The Morgan fingerprint density at radius 3 is 3.05 bits per heavy atom. The third kappa shape index (κ3) is 3.39. The molecule has 1 aromatic rings. The zero-order valence-corrected chi connectivity index (χ0v) is 12.0. The minimum Gasteiger partial charge on any atom is -0.496 e. The molecule has 1 aliphatic rings. The van der Waals surface area contributed by atoms with Gasteiger partial charge in [0.2, 0.25) is 5.91 Å². The van der Waals surface area contributed by atoms with Gasteiger partial charge in [0.25, 0.3) is 0 Å². The predicted molar refractivity (Wildman–Crippen MR) is 75.8 cm³/mol. The van der Waals surface area contributed by atoms with Crippen molar-refractivity contribution in [2.45, 2.75) is 19.4 Å². The molecular formula is C14H19ClN2O2. The van der Waals surface area contributed by atoms with Gasteiger partial charge in [-0.25, -0.2) is 0 Å². The van der Waals surface area contributed by atoms with Crippen LogP contribution in [0.1, 0.15) is 12.5 Å². The monoisotopic (exact) mass is 282 g/mol. The van der Waals surface area contributed by atoms with Gasteiger partial charge < -0.3 is 15.0 Å². The molecule has 1 fully saturated rings. The number of carbonyl (C=O) groups excluding carboxylic acids is 1. The summed E-state index contributed by atoms with van der Waals surface area (Å²) in [4.78, 5) is 14.3. The summed E-state index contributed by atoms with van der Waals surface area (Å²) in [6, 6.07) is 5.59. The largest absolute Gasteiger partial charge is 0.496 e. The Labute approximate surface area is 118 Å². The van der Waals surface area contributed by atoms with Crippen molar-refractivity contribution in [2.24, 2.45) is 0 Å². The highest BCUT2D eigenvalue weighted by Gasteiger charge is 2.23. The number of ether oxygens (including phenoxy) is 1. The molecule has 5 heteroatoms. The average Bonchev–Trinajstić information content (AvgIpc) is 2.39. The summed E-state index contributed by atoms with van der Waals surface area (Å²) in [7, 11) is 1.60. The summed E-state index contributed by atoms with van der Waals surface area (Å²) in [6.45, 7) is 4.50. The SMILES string of the molecule is COc1ccc(Cl)cc1CC(=O)N1CCNC[C@H]1C. The first kappa shape index (κ1) is 14.2. The topological polar surface area (TPSA) is 41.6 Å². The Bertz CT molecular complexity index is 465. The third-order valence-corrected chi connectivity index (χ3v) is 3.64. The van der Waals surface area contributed by atoms with Crippen LogP contribution in [-0.2, 0) is 11.2 Å². The van der Waals surface area contributed by atoms with Gasteiger partial charge >= 0.3 is 0 Å². The van der Waals surface area contributed by atoms with Gasteiger partial charge in [-0.15, -0.1) is 0 Å². The molecule has 0 spiro atoms. The molecule has 1 heterocycles. The second-order valence-electron chi connectivity index (χ2n) is 4.77. The fraction of sp³-hybridized carbons (Fsp3) is 0.500. The number of benzene rings is 1. The van der Waals surface area contributed by atoms with Crippen LogP contribution in [-0.4, -0.2) is 43.6 Å². The van der Waals surface area contributed by atoms with Gasteiger partial charge in [-0.1, -0.05) is 11.6 Å². The number of nitrogens with zero attached hydrogens (tertiary/aromatic N) is 1. The molecule has 0 bridgehead atoms. The molecule has 0 saturated carbocycles. The molecule has 1 amide bonds. The van der Waals surface area contributed by atoms with Crippen LogP contribution in [0.5, 0.6) is 5.75 Å². The highest BCUT2D eigenvalue weighted by atomic mass is 35.5. The van der Waals surface area contributed by atoms with Crippen molar-refractivity contribution in [3.63, 3.8) is 0 Å². The summed E-state index contributed by atoms with van der Waals surface area (Å²) >= 11 is 5.98. The average molecular weight is 283 g/mol. The predicted octanol–water partition coefficient (Wildman–Crippen LogP) is 1.71. The van der Waals surface area contributed by atoms with E-state index in [1.807, 2.05) is 4.90 Å². The maximum Gasteiger partial charge on any atom is 0.227 e. The Balaban J connectivity index is 2.11. The molecule has 1 aromatic carbocycles. The van der Waals surface area contributed by atoms with Gasteiger partial charge in [0.05, 0.1) is 13.5 Å². The number of methoxy groups -OCH3 is 1. The lowest BCUT2D eigenvalue weighted by atomic mass is 10.1. The molecule has 1 N–H and O–H groups in total. The number of carbonyl (C=O) groups is 1. The third-order valence-electron chi connectivity index (χ3n) is 3.41. The van der Waals surface area contributed by atoms with E-state index in [-0.39, 0.29) is 11.9 Å². The van der Waals surface area contributed by atoms with Crippen LogP contribution in [0.4, 0.5) is 0 Å². The highest BCUT2D eigenvalue weighted by Crippen LogP contribution is 2.23. The molecule has 1 saturated heterocycles. The van der Waals surface area contributed by atoms with E-state index >= 15 is 0 Å². The fourth-order valence-corrected chi connectivity index (χ4v) is 2.56. The number of hydrogen-bond acceptors (Lipinski definition) is 3. The van der Waals surface area contributed by atoms with Crippen molar-refractivity contribution in [3.8, 4) is 5.75 Å². The number of halogens is 1. The summed E-state index contributed by atoms with van der Waals surface area (Å²) in [5, 5.41) is 3.90. The molecule has 0 radical (unpaired) electrons. The molecule has 19 heavy (non-hydrogen) atoms. The lowest BCUT2D eigenvalue weighted by Crippen LogP contribution is -2.52. The Hall–Kier alpha value is -1.26. The molecule has 4 nitrogen and oxygen atoms in total. The van der Waals surface area contributed by atoms with Crippen molar-refractivity contribution < 1.29 is 9.53 Å². The molecule has 0 aromatic heterocycles. The first-order chi connectivity index (χ1) is 9.11. The van der Waals surface area contributed by atoms with E-state index in [4.69, 9.17) is 16.3 Å². The highest BCUT2D eigenvalue weighted by molar-refractivity contribution is 6.30. The number of piperazine rings is 1. The lowest BCUT2D eigenvalue weighted by molar-refractivity contribution is -0.133. The molecule has 0 unspecified atom stereocenters. The lowest BCUT2D eigenvalue weighted by Gasteiger charge is -2.34. The van der Waals surface area contributed by atoms with Crippen LogP contribution in [0.2, 0.25) is 5.02 Å². The Kier molecular flexibility index (Phi) is 4.66. The second kappa shape index (κ2) is 6.26. The number of amides is 1. The van der Waals surface area contributed by atoms with Gasteiger partial charge in [-0.05, 0) is 25.1 Å². The minimum absolute atomic E-state index is 0.120. The standard InChI is InChI=1S/C14H19ClN2O2/c1-10-9-16-5-6-17(10)14(18)8-11-7-12(15)3-4-13(11)19-2/h3-4,7,10,16H,5-6,8-9H2,1-2H3/t10-/m1/s1. The number of nitrogens with one attached hydrogen (secondary N) is 1. The van der Waals surface area contributed by atoms with E-state index in [0.29, 0.717) is 17.2 Å². The van der Waals surface area contributed by atoms with Crippen molar-refractivity contribution in [1.29, 1.82) is 0 Å². The molecule has 2 rings (SSSR count). The number of rotatable bonds is 3. The van der Waals surface area contributed by atoms with Crippen LogP contribution in [0.3, 0.4) is 0 Å². The smallest absolute Gasteiger partial charge is 0.227 e. The van der Waals surface area contributed by atoms with Crippen molar-refractivity contribution >= 4 is 17.5 Å². The maximum atomic E-state index is 12.4. The zero-order chi connectivity index (χ0) is 13.8. The summed E-state index contributed by atoms with van der Waals surface area (Å²) in [6.07, 6.45) is 0.327. The van der Waals surface area contributed by atoms with Gasteiger partial charge in [0.15, 0.2) is 0 Å². The van der Waals surface area contributed by atoms with Crippen LogP contribution in [0.15, 0.2) is 18.2 Å². The van der Waals surface area contributed by atoms with E-state index < -0.39 is 0 Å². The van der Waals surface area contributed by atoms with E-state index in [9.17, 15) is 4.79 Å². The van der Waals surface area contributed by atoms with E-state index in [1.54, 1.807) is 25.3 Å². The van der Waals surface area contributed by atoms with E-state index in [0.717, 1.165) is 25.2 Å². The quantitative estimate of drug-likeness (QED) is 0.918. The first-order valence-corrected chi connectivity index (χ1v) is 6.82. The second-order valence-corrected chi connectivity index (χ2v) is 5.21. The van der Waals surface area contributed by atoms with Gasteiger partial charge in [-0.3, -0.25) is 4.79 Å². The van der Waals surface area contributed by atoms with E-state index in [2.05, 4.69) is 12.2 Å². The summed E-state index contributed by atoms with van der Waals surface area (Å²) in [5.74, 6) is 0.829. The van der Waals surface area contributed by atoms with Crippen LogP contribution in [0.25, 0.3) is 0 Å². The normalized spacial score (nSPS) is 19.3. The Morgan fingerprint density at radius 2 is 2.37 bits per heavy atom. The summed E-state index contributed by atoms with van der Waals surface area (Å²) in [5.41, 5.74) is 0.839. The number of hydrogen-bond donors (Lipinski definition) is 1. The first-order valence-electron chi connectivity index (χ1n) is 6.44. The molecule has 1 aliphatic heterocycles.